The van der Waals surface area contributed by atoms with Crippen LogP contribution in [0.3, 0.4) is 0 Å². The number of H-pyrrole nitrogens is 1. The number of aryl methyl sites for hydroxylation is 1. The topological polar surface area (TPSA) is 54.7 Å². The molecule has 0 amide bonds. The minimum absolute atomic E-state index is 0.228. The van der Waals surface area contributed by atoms with E-state index in [1.807, 2.05) is 48.5 Å². The van der Waals surface area contributed by atoms with Crippen molar-refractivity contribution in [3.05, 3.63) is 77.7 Å². The summed E-state index contributed by atoms with van der Waals surface area (Å²) in [6.07, 6.45) is 0.902. The number of rotatable bonds is 4. The Hall–Kier alpha value is -2.39. The van der Waals surface area contributed by atoms with Crippen LogP contribution in [-0.2, 0) is 6.42 Å². The Morgan fingerprint density at radius 3 is 2.24 bits per heavy atom. The van der Waals surface area contributed by atoms with Crippen LogP contribution in [0.1, 0.15) is 30.0 Å². The molecular weight excluding hydrogens is 258 g/mol. The van der Waals surface area contributed by atoms with Crippen molar-refractivity contribution in [1.82, 2.24) is 9.97 Å². The van der Waals surface area contributed by atoms with Crippen molar-refractivity contribution in [2.75, 3.05) is 0 Å². The first-order valence-electron chi connectivity index (χ1n) is 7.24. The molecule has 0 aliphatic carbocycles. The largest absolute Gasteiger partial charge is 0.344 e. The van der Waals surface area contributed by atoms with E-state index in [1.165, 1.54) is 0 Å². The Bertz CT molecular complexity index is 702. The number of aromatic amines is 1. The zero-order valence-electron chi connectivity index (χ0n) is 12.1. The Kier molecular flexibility index (Phi) is 3.84. The van der Waals surface area contributed by atoms with Crippen molar-refractivity contribution in [2.24, 2.45) is 5.73 Å². The van der Waals surface area contributed by atoms with Gasteiger partial charge in [-0.1, -0.05) is 67.6 Å². The van der Waals surface area contributed by atoms with Crippen molar-refractivity contribution in [3.8, 4) is 11.3 Å². The van der Waals surface area contributed by atoms with E-state index in [0.29, 0.717) is 0 Å². The van der Waals surface area contributed by atoms with Gasteiger partial charge in [-0.3, -0.25) is 0 Å². The summed E-state index contributed by atoms with van der Waals surface area (Å²) in [5.74, 6) is 0.817. The van der Waals surface area contributed by atoms with Gasteiger partial charge in [0.05, 0.1) is 11.7 Å². The molecular formula is C18H19N3. The molecule has 0 aliphatic heterocycles. The summed E-state index contributed by atoms with van der Waals surface area (Å²) in [5, 5.41) is 0. The molecule has 0 radical (unpaired) electrons. The monoisotopic (exact) mass is 277 g/mol. The van der Waals surface area contributed by atoms with Gasteiger partial charge in [-0.05, 0) is 12.0 Å². The number of benzene rings is 2. The van der Waals surface area contributed by atoms with Gasteiger partial charge < -0.3 is 10.7 Å². The van der Waals surface area contributed by atoms with Gasteiger partial charge in [-0.25, -0.2) is 4.98 Å². The molecule has 1 aromatic heterocycles. The van der Waals surface area contributed by atoms with Gasteiger partial charge in [0, 0.05) is 11.3 Å². The summed E-state index contributed by atoms with van der Waals surface area (Å²) < 4.78 is 0. The van der Waals surface area contributed by atoms with Gasteiger partial charge in [0.1, 0.15) is 5.82 Å². The highest BCUT2D eigenvalue weighted by atomic mass is 15.0. The number of hydrogen-bond donors (Lipinski definition) is 2. The van der Waals surface area contributed by atoms with Gasteiger partial charge >= 0.3 is 0 Å². The maximum Gasteiger partial charge on any atom is 0.128 e. The van der Waals surface area contributed by atoms with Crippen molar-refractivity contribution in [3.63, 3.8) is 0 Å². The first kappa shape index (κ1) is 13.6. The third-order valence-corrected chi connectivity index (χ3v) is 3.65. The molecule has 0 spiro atoms. The highest BCUT2D eigenvalue weighted by molar-refractivity contribution is 5.62. The first-order chi connectivity index (χ1) is 10.3. The van der Waals surface area contributed by atoms with Crippen LogP contribution in [0.4, 0.5) is 0 Å². The highest BCUT2D eigenvalue weighted by Crippen LogP contribution is 2.25. The van der Waals surface area contributed by atoms with Gasteiger partial charge in [0.25, 0.3) is 0 Å². The number of aromatic nitrogens is 2. The molecule has 3 rings (SSSR count). The fourth-order valence-electron chi connectivity index (χ4n) is 2.49. The summed E-state index contributed by atoms with van der Waals surface area (Å²) in [5.41, 5.74) is 10.7. The molecule has 106 valence electrons. The zero-order chi connectivity index (χ0) is 14.7. The van der Waals surface area contributed by atoms with E-state index in [2.05, 4.69) is 24.0 Å². The minimum Gasteiger partial charge on any atom is -0.344 e. The maximum atomic E-state index is 6.34. The third kappa shape index (κ3) is 2.73. The molecule has 2 aromatic carbocycles. The predicted octanol–water partition coefficient (Wildman–Crippen LogP) is 3.69. The van der Waals surface area contributed by atoms with E-state index in [-0.39, 0.29) is 6.04 Å². The summed E-state index contributed by atoms with van der Waals surface area (Å²) in [6, 6.07) is 20.0. The van der Waals surface area contributed by atoms with Gasteiger partial charge in [-0.15, -0.1) is 0 Å². The van der Waals surface area contributed by atoms with Crippen molar-refractivity contribution >= 4 is 0 Å². The molecule has 21 heavy (non-hydrogen) atoms. The molecule has 3 N–H and O–H groups in total. The average Bonchev–Trinajstić information content (AvgIpc) is 3.00. The molecule has 0 saturated carbocycles. The van der Waals surface area contributed by atoms with Crippen LogP contribution in [0.25, 0.3) is 11.3 Å². The number of nitrogens with zero attached hydrogens (tertiary/aromatic N) is 1. The van der Waals surface area contributed by atoms with Crippen LogP contribution >= 0.6 is 0 Å². The van der Waals surface area contributed by atoms with Crippen LogP contribution in [0.15, 0.2) is 60.7 Å². The lowest BCUT2D eigenvalue weighted by atomic mass is 10.1. The van der Waals surface area contributed by atoms with Crippen molar-refractivity contribution in [1.29, 1.82) is 0 Å². The molecule has 1 atom stereocenters. The van der Waals surface area contributed by atoms with Crippen LogP contribution in [0, 0.1) is 0 Å². The van der Waals surface area contributed by atoms with E-state index in [4.69, 9.17) is 10.7 Å². The fraction of sp³-hybridized carbons (Fsp3) is 0.167. The molecule has 3 nitrogen and oxygen atoms in total. The Morgan fingerprint density at radius 2 is 1.62 bits per heavy atom. The standard InChI is InChI=1S/C18H19N3/c1-2-15-17(14-11-7-4-8-12-14)21-18(20-15)16(19)13-9-5-3-6-10-13/h3-12,16H,2,19H2,1H3,(H,20,21). The maximum absolute atomic E-state index is 6.34. The SMILES string of the molecule is CCc1[nH]c(C(N)c2ccccc2)nc1-c1ccccc1. The second-order valence-electron chi connectivity index (χ2n) is 5.06. The van der Waals surface area contributed by atoms with E-state index < -0.39 is 0 Å². The zero-order valence-corrected chi connectivity index (χ0v) is 12.1. The van der Waals surface area contributed by atoms with Crippen LogP contribution in [0.5, 0.6) is 0 Å². The second kappa shape index (κ2) is 5.94. The summed E-state index contributed by atoms with van der Waals surface area (Å²) >= 11 is 0. The highest BCUT2D eigenvalue weighted by Gasteiger charge is 2.16. The van der Waals surface area contributed by atoms with Crippen molar-refractivity contribution < 1.29 is 0 Å². The van der Waals surface area contributed by atoms with Crippen LogP contribution < -0.4 is 5.73 Å². The number of nitrogens with two attached hydrogens (primary N) is 1. The molecule has 1 heterocycles. The summed E-state index contributed by atoms with van der Waals surface area (Å²) in [4.78, 5) is 8.14. The predicted molar refractivity (Wildman–Crippen MR) is 85.9 cm³/mol. The molecule has 3 aromatic rings. The van der Waals surface area contributed by atoms with Crippen LogP contribution in [0.2, 0.25) is 0 Å². The number of imidazole rings is 1. The Balaban J connectivity index is 2.00. The molecule has 0 saturated heterocycles. The smallest absolute Gasteiger partial charge is 0.128 e. The molecule has 0 aliphatic rings. The Morgan fingerprint density at radius 1 is 1.00 bits per heavy atom. The normalized spacial score (nSPS) is 12.3. The van der Waals surface area contributed by atoms with E-state index in [1.54, 1.807) is 0 Å². The van der Waals surface area contributed by atoms with E-state index >= 15 is 0 Å². The second-order valence-corrected chi connectivity index (χ2v) is 5.06. The molecule has 0 bridgehead atoms. The lowest BCUT2D eigenvalue weighted by Gasteiger charge is -2.08. The summed E-state index contributed by atoms with van der Waals surface area (Å²) in [7, 11) is 0. The third-order valence-electron chi connectivity index (χ3n) is 3.65. The minimum atomic E-state index is -0.228. The lowest BCUT2D eigenvalue weighted by molar-refractivity contribution is 0.796. The molecule has 1 unspecified atom stereocenters. The fourth-order valence-corrected chi connectivity index (χ4v) is 2.49. The quantitative estimate of drug-likeness (QED) is 0.764. The average molecular weight is 277 g/mol. The molecule has 3 heteroatoms. The lowest BCUT2D eigenvalue weighted by Crippen LogP contribution is -2.13. The number of nitrogens with one attached hydrogen (secondary N) is 1. The van der Waals surface area contributed by atoms with E-state index in [9.17, 15) is 0 Å². The van der Waals surface area contributed by atoms with Gasteiger partial charge in [0.2, 0.25) is 0 Å². The van der Waals surface area contributed by atoms with Gasteiger partial charge in [-0.2, -0.15) is 0 Å². The Labute approximate surface area is 124 Å². The van der Waals surface area contributed by atoms with Gasteiger partial charge in [0.15, 0.2) is 0 Å². The van der Waals surface area contributed by atoms with Crippen LogP contribution in [-0.4, -0.2) is 9.97 Å². The van der Waals surface area contributed by atoms with E-state index in [0.717, 1.165) is 34.8 Å². The first-order valence-corrected chi connectivity index (χ1v) is 7.24. The van der Waals surface area contributed by atoms with Crippen molar-refractivity contribution in [2.45, 2.75) is 19.4 Å². The molecule has 0 fully saturated rings. The summed E-state index contributed by atoms with van der Waals surface area (Å²) in [6.45, 7) is 2.12. The number of hydrogen-bond acceptors (Lipinski definition) is 2.